The number of hydrogen-bond donors (Lipinski definition) is 0. The molecule has 3 nitrogen and oxygen atoms in total. The SMILES string of the molecule is CCN(C(=O)c1cc2c(Cl)nc3ccc(C)cc3c2s1)c1ccc(C)c(C)c1. The van der Waals surface area contributed by atoms with E-state index >= 15 is 0 Å². The molecular formula is C23H21ClN2OS. The molecule has 0 N–H and O–H groups in total. The van der Waals surface area contributed by atoms with Gasteiger partial charge in [0.25, 0.3) is 5.91 Å². The van der Waals surface area contributed by atoms with Crippen LogP contribution < -0.4 is 4.90 Å². The second kappa shape index (κ2) is 7.19. The van der Waals surface area contributed by atoms with E-state index < -0.39 is 0 Å². The van der Waals surface area contributed by atoms with Gasteiger partial charge in [-0.2, -0.15) is 0 Å². The molecule has 2 heterocycles. The zero-order chi connectivity index (χ0) is 20.0. The Labute approximate surface area is 173 Å². The Kier molecular flexibility index (Phi) is 4.86. The van der Waals surface area contributed by atoms with Gasteiger partial charge in [-0.1, -0.05) is 29.3 Å². The predicted molar refractivity (Wildman–Crippen MR) is 120 cm³/mol. The standard InChI is InChI=1S/C23H21ClN2OS/c1-5-26(16-8-7-14(3)15(4)11-16)23(27)20-12-18-21(28-20)17-10-13(2)6-9-19(17)25-22(18)24/h6-12H,5H2,1-4H3. The Hall–Kier alpha value is -2.43. The van der Waals surface area contributed by atoms with Crippen LogP contribution in [0.1, 0.15) is 33.3 Å². The number of halogens is 1. The van der Waals surface area contributed by atoms with E-state index in [2.05, 4.69) is 44.0 Å². The smallest absolute Gasteiger partial charge is 0.268 e. The molecule has 0 radical (unpaired) electrons. The molecule has 2 aromatic heterocycles. The highest BCUT2D eigenvalue weighted by Gasteiger charge is 2.21. The first-order valence-electron chi connectivity index (χ1n) is 9.27. The van der Waals surface area contributed by atoms with Crippen LogP contribution in [0.3, 0.4) is 0 Å². The fourth-order valence-electron chi connectivity index (χ4n) is 3.41. The highest BCUT2D eigenvalue weighted by molar-refractivity contribution is 7.22. The average Bonchev–Trinajstić information content (AvgIpc) is 3.12. The normalized spacial score (nSPS) is 11.3. The summed E-state index contributed by atoms with van der Waals surface area (Å²) < 4.78 is 1.01. The minimum Gasteiger partial charge on any atom is -0.308 e. The van der Waals surface area contributed by atoms with E-state index in [9.17, 15) is 4.79 Å². The van der Waals surface area contributed by atoms with Gasteiger partial charge in [-0.15, -0.1) is 11.3 Å². The Balaban J connectivity index is 1.84. The lowest BCUT2D eigenvalue weighted by molar-refractivity contribution is 0.0992. The third kappa shape index (κ3) is 3.17. The summed E-state index contributed by atoms with van der Waals surface area (Å²) in [6.07, 6.45) is 0. The van der Waals surface area contributed by atoms with Crippen molar-refractivity contribution in [1.29, 1.82) is 0 Å². The molecule has 0 fully saturated rings. The van der Waals surface area contributed by atoms with Gasteiger partial charge in [-0.25, -0.2) is 4.98 Å². The quantitative estimate of drug-likeness (QED) is 0.353. The molecule has 2 aromatic carbocycles. The van der Waals surface area contributed by atoms with E-state index in [0.29, 0.717) is 16.6 Å². The number of carbonyl (C=O) groups excluding carboxylic acids is 1. The molecule has 28 heavy (non-hydrogen) atoms. The number of amides is 1. The minimum atomic E-state index is -0.0103. The highest BCUT2D eigenvalue weighted by Crippen LogP contribution is 2.37. The van der Waals surface area contributed by atoms with E-state index in [1.54, 1.807) is 0 Å². The second-order valence-corrected chi connectivity index (χ2v) is 8.50. The van der Waals surface area contributed by atoms with Crippen molar-refractivity contribution in [1.82, 2.24) is 4.98 Å². The number of nitrogens with zero attached hydrogens (tertiary/aromatic N) is 2. The van der Waals surface area contributed by atoms with Gasteiger partial charge < -0.3 is 4.90 Å². The molecule has 142 valence electrons. The van der Waals surface area contributed by atoms with Crippen molar-refractivity contribution >= 4 is 55.5 Å². The molecule has 4 rings (SSSR count). The average molecular weight is 409 g/mol. The lowest BCUT2D eigenvalue weighted by atomic mass is 10.1. The maximum Gasteiger partial charge on any atom is 0.268 e. The van der Waals surface area contributed by atoms with Crippen LogP contribution in [0.25, 0.3) is 21.0 Å². The van der Waals surface area contributed by atoms with E-state index in [-0.39, 0.29) is 5.91 Å². The van der Waals surface area contributed by atoms with Crippen LogP contribution in [0.2, 0.25) is 5.15 Å². The van der Waals surface area contributed by atoms with Gasteiger partial charge in [0.05, 0.1) is 10.4 Å². The van der Waals surface area contributed by atoms with Crippen molar-refractivity contribution in [2.75, 3.05) is 11.4 Å². The summed E-state index contributed by atoms with van der Waals surface area (Å²) in [5.41, 5.74) is 5.32. The van der Waals surface area contributed by atoms with Gasteiger partial charge in [0, 0.05) is 27.7 Å². The fourth-order valence-corrected chi connectivity index (χ4v) is 4.84. The number of rotatable bonds is 3. The number of aromatic nitrogens is 1. The summed E-state index contributed by atoms with van der Waals surface area (Å²) in [5.74, 6) is -0.0103. The van der Waals surface area contributed by atoms with Crippen molar-refractivity contribution in [3.63, 3.8) is 0 Å². The Morgan fingerprint density at radius 1 is 1.04 bits per heavy atom. The summed E-state index contributed by atoms with van der Waals surface area (Å²) in [7, 11) is 0. The van der Waals surface area contributed by atoms with E-state index in [0.717, 1.165) is 32.2 Å². The van der Waals surface area contributed by atoms with Gasteiger partial charge in [0.1, 0.15) is 5.15 Å². The van der Waals surface area contributed by atoms with Gasteiger partial charge >= 0.3 is 0 Å². The number of hydrogen-bond acceptors (Lipinski definition) is 3. The maximum absolute atomic E-state index is 13.3. The van der Waals surface area contributed by atoms with Crippen molar-refractivity contribution in [3.05, 3.63) is 69.2 Å². The third-order valence-corrected chi connectivity index (χ3v) is 6.59. The summed E-state index contributed by atoms with van der Waals surface area (Å²) in [6.45, 7) is 8.79. The maximum atomic E-state index is 13.3. The molecule has 4 aromatic rings. The third-order valence-electron chi connectivity index (χ3n) is 5.14. The molecule has 0 spiro atoms. The van der Waals surface area contributed by atoms with Gasteiger partial charge in [-0.05, 0) is 69.2 Å². The summed E-state index contributed by atoms with van der Waals surface area (Å²) in [4.78, 5) is 20.3. The van der Waals surface area contributed by atoms with Crippen LogP contribution >= 0.6 is 22.9 Å². The van der Waals surface area contributed by atoms with Crippen molar-refractivity contribution < 1.29 is 4.79 Å². The number of pyridine rings is 1. The van der Waals surface area contributed by atoms with Crippen LogP contribution in [-0.2, 0) is 0 Å². The topological polar surface area (TPSA) is 33.2 Å². The Morgan fingerprint density at radius 3 is 2.54 bits per heavy atom. The Bertz CT molecular complexity index is 1230. The van der Waals surface area contributed by atoms with Crippen LogP contribution in [0.5, 0.6) is 0 Å². The summed E-state index contributed by atoms with van der Waals surface area (Å²) in [6, 6.07) is 14.1. The number of aryl methyl sites for hydroxylation is 3. The summed E-state index contributed by atoms with van der Waals surface area (Å²) in [5, 5.41) is 2.32. The molecular weight excluding hydrogens is 388 g/mol. The first-order valence-corrected chi connectivity index (χ1v) is 10.5. The zero-order valence-electron chi connectivity index (χ0n) is 16.3. The van der Waals surface area contributed by atoms with Crippen molar-refractivity contribution in [2.24, 2.45) is 0 Å². The van der Waals surface area contributed by atoms with Crippen LogP contribution in [0.15, 0.2) is 42.5 Å². The minimum absolute atomic E-state index is 0.0103. The fraction of sp³-hybridized carbons (Fsp3) is 0.217. The van der Waals surface area contributed by atoms with Crippen molar-refractivity contribution in [3.8, 4) is 0 Å². The molecule has 5 heteroatoms. The Morgan fingerprint density at radius 2 is 1.82 bits per heavy atom. The van der Waals surface area contributed by atoms with E-state index in [1.165, 1.54) is 22.5 Å². The number of fused-ring (bicyclic) bond motifs is 3. The molecule has 0 aliphatic rings. The molecule has 0 aliphatic heterocycles. The highest BCUT2D eigenvalue weighted by atomic mass is 35.5. The van der Waals surface area contributed by atoms with E-state index in [1.807, 2.05) is 36.1 Å². The van der Waals surface area contributed by atoms with Crippen LogP contribution in [-0.4, -0.2) is 17.4 Å². The van der Waals surface area contributed by atoms with Crippen LogP contribution in [0, 0.1) is 20.8 Å². The molecule has 0 aliphatic carbocycles. The number of thiophene rings is 1. The lowest BCUT2D eigenvalue weighted by Gasteiger charge is -2.21. The van der Waals surface area contributed by atoms with Crippen LogP contribution in [0.4, 0.5) is 5.69 Å². The lowest BCUT2D eigenvalue weighted by Crippen LogP contribution is -2.30. The molecule has 0 bridgehead atoms. The first-order chi connectivity index (χ1) is 13.4. The molecule has 0 saturated heterocycles. The van der Waals surface area contributed by atoms with Crippen molar-refractivity contribution in [2.45, 2.75) is 27.7 Å². The van der Waals surface area contributed by atoms with Gasteiger partial charge in [0.2, 0.25) is 0 Å². The summed E-state index contributed by atoms with van der Waals surface area (Å²) >= 11 is 7.92. The predicted octanol–water partition coefficient (Wildman–Crippen LogP) is 6.69. The number of anilines is 1. The van der Waals surface area contributed by atoms with Gasteiger partial charge in [-0.3, -0.25) is 4.79 Å². The number of carbonyl (C=O) groups is 1. The second-order valence-electron chi connectivity index (χ2n) is 7.09. The molecule has 1 amide bonds. The zero-order valence-corrected chi connectivity index (χ0v) is 17.9. The monoisotopic (exact) mass is 408 g/mol. The molecule has 0 saturated carbocycles. The molecule has 0 atom stereocenters. The first kappa shape index (κ1) is 18.9. The largest absolute Gasteiger partial charge is 0.308 e. The number of benzene rings is 2. The molecule has 0 unspecified atom stereocenters. The van der Waals surface area contributed by atoms with Gasteiger partial charge in [0.15, 0.2) is 0 Å². The van der Waals surface area contributed by atoms with E-state index in [4.69, 9.17) is 11.6 Å².